The van der Waals surface area contributed by atoms with Gasteiger partial charge in [-0.25, -0.2) is 15.0 Å². The average Bonchev–Trinajstić information content (AvgIpc) is 3.12. The fourth-order valence-electron chi connectivity index (χ4n) is 2.80. The molecular formula is C20H17N6O. The van der Waals surface area contributed by atoms with Crippen LogP contribution in [0, 0.1) is 0 Å². The predicted molar refractivity (Wildman–Crippen MR) is 103 cm³/mol. The van der Waals surface area contributed by atoms with Crippen molar-refractivity contribution in [2.75, 3.05) is 14.1 Å². The van der Waals surface area contributed by atoms with Gasteiger partial charge in [0.05, 0.1) is 22.9 Å². The molecule has 1 radical (unpaired) electrons. The Bertz CT molecular complexity index is 1100. The van der Waals surface area contributed by atoms with Gasteiger partial charge in [-0.05, 0) is 24.3 Å². The zero-order valence-corrected chi connectivity index (χ0v) is 14.9. The van der Waals surface area contributed by atoms with Gasteiger partial charge in [0, 0.05) is 25.2 Å². The average molecular weight is 357 g/mol. The largest absolute Gasteiger partial charge is 0.345 e. The Hall–Kier alpha value is -3.74. The van der Waals surface area contributed by atoms with Crippen LogP contribution < -0.4 is 5.73 Å². The van der Waals surface area contributed by atoms with E-state index in [-0.39, 0.29) is 11.7 Å². The van der Waals surface area contributed by atoms with Gasteiger partial charge in [-0.2, -0.15) is 0 Å². The van der Waals surface area contributed by atoms with E-state index in [1.54, 1.807) is 32.4 Å². The molecule has 4 rings (SSSR count). The number of fused-ring (bicyclic) bond motifs is 1. The van der Waals surface area contributed by atoms with E-state index in [4.69, 9.17) is 5.73 Å². The summed E-state index contributed by atoms with van der Waals surface area (Å²) in [5.41, 5.74) is 12.2. The Kier molecular flexibility index (Phi) is 4.04. The molecule has 1 amide bonds. The van der Waals surface area contributed by atoms with Crippen molar-refractivity contribution in [3.8, 4) is 22.8 Å². The molecule has 2 N–H and O–H groups in total. The number of rotatable bonds is 3. The summed E-state index contributed by atoms with van der Waals surface area (Å²) in [6.07, 6.45) is 1.55. The molecule has 0 aliphatic rings. The van der Waals surface area contributed by atoms with Crippen LogP contribution in [0.1, 0.15) is 10.4 Å². The van der Waals surface area contributed by atoms with Crippen LogP contribution in [0.4, 0.5) is 5.82 Å². The SMILES string of the molecule is CN(C)C(=O)c1ccc(-c2cnc([NH])c(-c3nc4ccccc4[nH]3)n2)cc1. The van der Waals surface area contributed by atoms with Crippen molar-refractivity contribution in [2.24, 2.45) is 0 Å². The number of carbonyl (C=O) groups is 1. The number of amides is 1. The van der Waals surface area contributed by atoms with Gasteiger partial charge in [-0.1, -0.05) is 24.3 Å². The standard InChI is InChI=1S/C20H17N6O/c1-26(2)20(27)13-9-7-12(8-10-13)16-11-22-18(21)17(23-16)19-24-14-5-3-4-6-15(14)25-19/h3-11,21H,1-2H3,(H,24,25). The first-order valence-electron chi connectivity index (χ1n) is 8.39. The summed E-state index contributed by atoms with van der Waals surface area (Å²) in [4.78, 5) is 30.0. The van der Waals surface area contributed by atoms with Crippen LogP contribution in [0.3, 0.4) is 0 Å². The van der Waals surface area contributed by atoms with Crippen LogP contribution >= 0.6 is 0 Å². The number of aromatic amines is 1. The fraction of sp³-hybridized carbons (Fsp3) is 0.100. The molecule has 0 saturated heterocycles. The Labute approximate surface area is 155 Å². The van der Waals surface area contributed by atoms with E-state index in [0.717, 1.165) is 16.6 Å². The van der Waals surface area contributed by atoms with E-state index in [2.05, 4.69) is 19.9 Å². The Morgan fingerprint density at radius 3 is 2.48 bits per heavy atom. The minimum Gasteiger partial charge on any atom is -0.345 e. The second-order valence-electron chi connectivity index (χ2n) is 6.33. The van der Waals surface area contributed by atoms with Crippen molar-refractivity contribution in [1.82, 2.24) is 30.6 Å². The summed E-state index contributed by atoms with van der Waals surface area (Å²) < 4.78 is 0. The summed E-state index contributed by atoms with van der Waals surface area (Å²) in [5.74, 6) is 0.504. The Morgan fingerprint density at radius 1 is 1.04 bits per heavy atom. The fourth-order valence-corrected chi connectivity index (χ4v) is 2.80. The van der Waals surface area contributed by atoms with Gasteiger partial charge in [0.2, 0.25) is 0 Å². The molecule has 27 heavy (non-hydrogen) atoms. The molecule has 0 bridgehead atoms. The van der Waals surface area contributed by atoms with Crippen LogP contribution in [-0.2, 0) is 0 Å². The van der Waals surface area contributed by atoms with Crippen LogP contribution in [0.2, 0.25) is 0 Å². The number of benzene rings is 2. The van der Waals surface area contributed by atoms with Crippen molar-refractivity contribution in [2.45, 2.75) is 0 Å². The third-order valence-electron chi connectivity index (χ3n) is 4.22. The maximum absolute atomic E-state index is 12.0. The third kappa shape index (κ3) is 3.10. The maximum atomic E-state index is 12.0. The van der Waals surface area contributed by atoms with E-state index in [9.17, 15) is 4.79 Å². The molecule has 2 aromatic carbocycles. The lowest BCUT2D eigenvalue weighted by Gasteiger charge is -2.10. The lowest BCUT2D eigenvalue weighted by Crippen LogP contribution is -2.21. The maximum Gasteiger partial charge on any atom is 0.253 e. The molecule has 0 saturated carbocycles. The Morgan fingerprint density at radius 2 is 1.78 bits per heavy atom. The zero-order chi connectivity index (χ0) is 19.0. The summed E-state index contributed by atoms with van der Waals surface area (Å²) in [6, 6.07) is 14.8. The monoisotopic (exact) mass is 357 g/mol. The van der Waals surface area contributed by atoms with Crippen LogP contribution in [0.5, 0.6) is 0 Å². The predicted octanol–water partition coefficient (Wildman–Crippen LogP) is 3.30. The third-order valence-corrected chi connectivity index (χ3v) is 4.22. The number of carbonyl (C=O) groups excluding carboxylic acids is 1. The van der Waals surface area contributed by atoms with E-state index in [0.29, 0.717) is 22.8 Å². The van der Waals surface area contributed by atoms with E-state index in [1.165, 1.54) is 4.90 Å². The number of imidazole rings is 1. The summed E-state index contributed by atoms with van der Waals surface area (Å²) in [6.45, 7) is 0. The lowest BCUT2D eigenvalue weighted by atomic mass is 10.1. The molecule has 7 heteroatoms. The normalized spacial score (nSPS) is 10.9. The topological polar surface area (TPSA) is 98.6 Å². The first-order chi connectivity index (χ1) is 13.0. The van der Waals surface area contributed by atoms with Crippen molar-refractivity contribution < 1.29 is 4.79 Å². The zero-order valence-electron chi connectivity index (χ0n) is 14.9. The Balaban J connectivity index is 1.73. The number of hydrogen-bond donors (Lipinski definition) is 1. The van der Waals surface area contributed by atoms with E-state index in [1.807, 2.05) is 36.4 Å². The van der Waals surface area contributed by atoms with E-state index >= 15 is 0 Å². The summed E-state index contributed by atoms with van der Waals surface area (Å²) in [5, 5.41) is 0. The molecule has 0 atom stereocenters. The highest BCUT2D eigenvalue weighted by Gasteiger charge is 2.14. The van der Waals surface area contributed by atoms with Gasteiger partial charge >= 0.3 is 0 Å². The van der Waals surface area contributed by atoms with E-state index < -0.39 is 0 Å². The number of nitrogens with one attached hydrogen (secondary N) is 2. The van der Waals surface area contributed by atoms with Crippen molar-refractivity contribution >= 4 is 22.8 Å². The number of para-hydroxylation sites is 2. The van der Waals surface area contributed by atoms with Gasteiger partial charge in [0.25, 0.3) is 5.91 Å². The van der Waals surface area contributed by atoms with Gasteiger partial charge in [0.1, 0.15) is 0 Å². The van der Waals surface area contributed by atoms with Crippen molar-refractivity contribution in [3.05, 3.63) is 60.3 Å². The van der Waals surface area contributed by atoms with Crippen LogP contribution in [-0.4, -0.2) is 44.8 Å². The minimum absolute atomic E-state index is 0.0530. The second-order valence-corrected chi connectivity index (χ2v) is 6.33. The van der Waals surface area contributed by atoms with Crippen LogP contribution in [0.15, 0.2) is 54.7 Å². The number of aromatic nitrogens is 4. The molecule has 0 aliphatic carbocycles. The second kappa shape index (κ2) is 6.53. The van der Waals surface area contributed by atoms with Gasteiger partial charge in [0.15, 0.2) is 17.3 Å². The summed E-state index contributed by atoms with van der Waals surface area (Å²) >= 11 is 0. The smallest absolute Gasteiger partial charge is 0.253 e. The molecule has 0 aliphatic heterocycles. The molecule has 133 valence electrons. The number of hydrogen-bond acceptors (Lipinski definition) is 4. The molecule has 2 aromatic heterocycles. The molecule has 4 aromatic rings. The quantitative estimate of drug-likeness (QED) is 0.608. The van der Waals surface area contributed by atoms with Gasteiger partial charge in [-0.3, -0.25) is 10.5 Å². The molecule has 0 spiro atoms. The number of nitrogens with zero attached hydrogens (tertiary/aromatic N) is 4. The first-order valence-corrected chi connectivity index (χ1v) is 8.39. The highest BCUT2D eigenvalue weighted by atomic mass is 16.2. The van der Waals surface area contributed by atoms with Crippen LogP contribution in [0.25, 0.3) is 33.8 Å². The first kappa shape index (κ1) is 16.7. The molecule has 0 fully saturated rings. The molecule has 2 heterocycles. The highest BCUT2D eigenvalue weighted by molar-refractivity contribution is 5.94. The highest BCUT2D eigenvalue weighted by Crippen LogP contribution is 2.26. The number of H-pyrrole nitrogens is 1. The minimum atomic E-state index is -0.0582. The van der Waals surface area contributed by atoms with Crippen molar-refractivity contribution in [3.63, 3.8) is 0 Å². The van der Waals surface area contributed by atoms with Gasteiger partial charge < -0.3 is 9.88 Å². The summed E-state index contributed by atoms with van der Waals surface area (Å²) in [7, 11) is 3.43. The molecule has 7 nitrogen and oxygen atoms in total. The molecule has 0 unspecified atom stereocenters. The van der Waals surface area contributed by atoms with Gasteiger partial charge in [-0.15, -0.1) is 0 Å². The van der Waals surface area contributed by atoms with Crippen molar-refractivity contribution in [1.29, 1.82) is 0 Å². The lowest BCUT2D eigenvalue weighted by molar-refractivity contribution is 0.0827. The molecular weight excluding hydrogens is 340 g/mol.